The third kappa shape index (κ3) is 6.97. The van der Waals surface area contributed by atoms with E-state index in [-0.39, 0.29) is 19.0 Å². The normalized spacial score (nSPS) is 17.1. The molecule has 0 aromatic heterocycles. The number of aliphatic hydroxyl groups is 1. The molecule has 1 unspecified atom stereocenters. The molecule has 1 saturated heterocycles. The molecular formula is C12H23N3O4. The number of rotatable bonds is 8. The predicted molar refractivity (Wildman–Crippen MR) is 70.0 cm³/mol. The molecule has 1 rings (SSSR count). The summed E-state index contributed by atoms with van der Waals surface area (Å²) in [4.78, 5) is 24.0. The summed E-state index contributed by atoms with van der Waals surface area (Å²) in [6, 6.07) is -0.320. The summed E-state index contributed by atoms with van der Waals surface area (Å²) in [5, 5.41) is 22.7. The van der Waals surface area contributed by atoms with Gasteiger partial charge in [0, 0.05) is 19.5 Å². The molecule has 19 heavy (non-hydrogen) atoms. The average Bonchev–Trinajstić information content (AvgIpc) is 2.87. The maximum absolute atomic E-state index is 11.3. The van der Waals surface area contributed by atoms with E-state index in [4.69, 9.17) is 10.2 Å². The van der Waals surface area contributed by atoms with Crippen LogP contribution in [-0.4, -0.2) is 65.9 Å². The van der Waals surface area contributed by atoms with Crippen LogP contribution in [0.15, 0.2) is 0 Å². The molecule has 0 aromatic rings. The van der Waals surface area contributed by atoms with Crippen LogP contribution in [0.1, 0.15) is 25.7 Å². The number of urea groups is 1. The van der Waals surface area contributed by atoms with Crippen molar-refractivity contribution in [3.63, 3.8) is 0 Å². The Hall–Kier alpha value is -1.34. The Morgan fingerprint density at radius 1 is 1.16 bits per heavy atom. The highest BCUT2D eigenvalue weighted by Gasteiger charge is 2.13. The summed E-state index contributed by atoms with van der Waals surface area (Å²) >= 11 is 0. The Morgan fingerprint density at radius 3 is 2.42 bits per heavy atom. The van der Waals surface area contributed by atoms with Gasteiger partial charge in [-0.05, 0) is 38.9 Å². The van der Waals surface area contributed by atoms with Crippen molar-refractivity contribution in [1.82, 2.24) is 15.5 Å². The van der Waals surface area contributed by atoms with Gasteiger partial charge in [0.25, 0.3) is 0 Å². The van der Waals surface area contributed by atoms with Crippen molar-refractivity contribution in [2.24, 2.45) is 0 Å². The summed E-state index contributed by atoms with van der Waals surface area (Å²) in [6.07, 6.45) is 2.02. The van der Waals surface area contributed by atoms with Gasteiger partial charge in [-0.15, -0.1) is 0 Å². The SMILES string of the molecule is O=C(NCCCN1CCCC1)NCCC(O)C(=O)O. The molecule has 7 nitrogen and oxygen atoms in total. The Morgan fingerprint density at radius 2 is 1.79 bits per heavy atom. The second-order valence-corrected chi connectivity index (χ2v) is 4.73. The smallest absolute Gasteiger partial charge is 0.332 e. The summed E-state index contributed by atoms with van der Waals surface area (Å²) in [5.41, 5.74) is 0. The second-order valence-electron chi connectivity index (χ2n) is 4.73. The maximum atomic E-state index is 11.3. The molecule has 7 heteroatoms. The number of likely N-dealkylation sites (tertiary alicyclic amines) is 1. The van der Waals surface area contributed by atoms with E-state index in [1.807, 2.05) is 0 Å². The summed E-state index contributed by atoms with van der Waals surface area (Å²) in [5.74, 6) is -1.27. The third-order valence-corrected chi connectivity index (χ3v) is 3.12. The molecule has 2 amide bonds. The molecule has 0 saturated carbocycles. The highest BCUT2D eigenvalue weighted by atomic mass is 16.4. The number of nitrogens with one attached hydrogen (secondary N) is 2. The summed E-state index contributed by atoms with van der Waals surface area (Å²) < 4.78 is 0. The maximum Gasteiger partial charge on any atom is 0.332 e. The number of hydrogen-bond donors (Lipinski definition) is 4. The molecule has 1 heterocycles. The number of carboxylic acid groups (broad SMARTS) is 1. The van der Waals surface area contributed by atoms with Crippen molar-refractivity contribution in [1.29, 1.82) is 0 Å². The first-order valence-electron chi connectivity index (χ1n) is 6.74. The van der Waals surface area contributed by atoms with E-state index in [0.29, 0.717) is 6.54 Å². The quantitative estimate of drug-likeness (QED) is 0.451. The number of hydrogen-bond acceptors (Lipinski definition) is 4. The first-order chi connectivity index (χ1) is 9.09. The number of amides is 2. The molecule has 4 N–H and O–H groups in total. The molecule has 0 aromatic carbocycles. The zero-order chi connectivity index (χ0) is 14.1. The van der Waals surface area contributed by atoms with Gasteiger partial charge in [0.05, 0.1) is 0 Å². The molecule has 1 aliphatic heterocycles. The monoisotopic (exact) mass is 273 g/mol. The first kappa shape index (κ1) is 15.7. The van der Waals surface area contributed by atoms with E-state index in [0.717, 1.165) is 26.1 Å². The molecule has 1 atom stereocenters. The van der Waals surface area contributed by atoms with Crippen molar-refractivity contribution in [2.75, 3.05) is 32.7 Å². The number of nitrogens with zero attached hydrogens (tertiary/aromatic N) is 1. The van der Waals surface area contributed by atoms with Gasteiger partial charge >= 0.3 is 12.0 Å². The highest BCUT2D eigenvalue weighted by molar-refractivity contribution is 5.74. The van der Waals surface area contributed by atoms with Gasteiger partial charge in [0.15, 0.2) is 6.10 Å². The second kappa shape index (κ2) is 8.71. The van der Waals surface area contributed by atoms with E-state index in [9.17, 15) is 9.59 Å². The minimum Gasteiger partial charge on any atom is -0.479 e. The van der Waals surface area contributed by atoms with E-state index in [1.54, 1.807) is 0 Å². The Bertz CT molecular complexity index is 293. The Labute approximate surface area is 113 Å². The number of aliphatic hydroxyl groups excluding tert-OH is 1. The van der Waals surface area contributed by atoms with Crippen molar-refractivity contribution < 1.29 is 19.8 Å². The van der Waals surface area contributed by atoms with Gasteiger partial charge in [-0.25, -0.2) is 9.59 Å². The predicted octanol–water partition coefficient (Wildman–Crippen LogP) is -0.393. The molecular weight excluding hydrogens is 250 g/mol. The van der Waals surface area contributed by atoms with Crippen molar-refractivity contribution in [3.05, 3.63) is 0 Å². The minimum absolute atomic E-state index is 0.0104. The van der Waals surface area contributed by atoms with Crippen LogP contribution in [0.25, 0.3) is 0 Å². The summed E-state index contributed by atoms with van der Waals surface area (Å²) in [6.45, 7) is 4.05. The van der Waals surface area contributed by atoms with Crippen LogP contribution >= 0.6 is 0 Å². The largest absolute Gasteiger partial charge is 0.479 e. The number of carbonyl (C=O) groups is 2. The van der Waals surface area contributed by atoms with Crippen molar-refractivity contribution in [3.8, 4) is 0 Å². The van der Waals surface area contributed by atoms with Crippen LogP contribution in [0.4, 0.5) is 4.79 Å². The lowest BCUT2D eigenvalue weighted by Crippen LogP contribution is -2.38. The lowest BCUT2D eigenvalue weighted by molar-refractivity contribution is -0.146. The number of aliphatic carboxylic acids is 1. The fourth-order valence-electron chi connectivity index (χ4n) is 2.02. The lowest BCUT2D eigenvalue weighted by atomic mass is 10.2. The standard InChI is InChI=1S/C12H23N3O4/c16-10(11(17)18)4-6-14-12(19)13-5-3-9-15-7-1-2-8-15/h10,16H,1-9H2,(H,17,18)(H2,13,14,19). The van der Waals surface area contributed by atoms with Crippen LogP contribution in [0, 0.1) is 0 Å². The van der Waals surface area contributed by atoms with Gasteiger partial charge in [-0.1, -0.05) is 0 Å². The topological polar surface area (TPSA) is 102 Å². The van der Waals surface area contributed by atoms with Crippen LogP contribution in [0.3, 0.4) is 0 Å². The van der Waals surface area contributed by atoms with Gasteiger partial charge in [0.1, 0.15) is 0 Å². The van der Waals surface area contributed by atoms with Crippen LogP contribution < -0.4 is 10.6 Å². The Kier molecular flexibility index (Phi) is 7.20. The van der Waals surface area contributed by atoms with Crippen molar-refractivity contribution in [2.45, 2.75) is 31.8 Å². The van der Waals surface area contributed by atoms with Gasteiger partial charge in [-0.2, -0.15) is 0 Å². The first-order valence-corrected chi connectivity index (χ1v) is 6.74. The molecule has 0 aliphatic carbocycles. The van der Waals surface area contributed by atoms with Crippen LogP contribution in [0.5, 0.6) is 0 Å². The molecule has 1 fully saturated rings. The average molecular weight is 273 g/mol. The Balaban J connectivity index is 1.94. The highest BCUT2D eigenvalue weighted by Crippen LogP contribution is 2.06. The van der Waals surface area contributed by atoms with Crippen LogP contribution in [-0.2, 0) is 4.79 Å². The fraction of sp³-hybridized carbons (Fsp3) is 0.833. The zero-order valence-electron chi connectivity index (χ0n) is 11.1. The third-order valence-electron chi connectivity index (χ3n) is 3.12. The van der Waals surface area contributed by atoms with Gasteiger partial charge in [-0.3, -0.25) is 0 Å². The van der Waals surface area contributed by atoms with Gasteiger partial charge < -0.3 is 25.7 Å². The summed E-state index contributed by atoms with van der Waals surface area (Å²) in [7, 11) is 0. The van der Waals surface area contributed by atoms with E-state index in [2.05, 4.69) is 15.5 Å². The van der Waals surface area contributed by atoms with E-state index >= 15 is 0 Å². The fourth-order valence-corrected chi connectivity index (χ4v) is 2.02. The molecule has 110 valence electrons. The van der Waals surface area contributed by atoms with E-state index in [1.165, 1.54) is 12.8 Å². The zero-order valence-corrected chi connectivity index (χ0v) is 11.1. The molecule has 0 bridgehead atoms. The molecule has 0 spiro atoms. The van der Waals surface area contributed by atoms with E-state index < -0.39 is 12.1 Å². The minimum atomic E-state index is -1.42. The molecule has 0 radical (unpaired) electrons. The molecule has 1 aliphatic rings. The van der Waals surface area contributed by atoms with Crippen molar-refractivity contribution >= 4 is 12.0 Å². The van der Waals surface area contributed by atoms with Crippen LogP contribution in [0.2, 0.25) is 0 Å². The number of carboxylic acids is 1. The van der Waals surface area contributed by atoms with Gasteiger partial charge in [0.2, 0.25) is 0 Å². The lowest BCUT2D eigenvalue weighted by Gasteiger charge is -2.14. The number of carbonyl (C=O) groups excluding carboxylic acids is 1.